The molecule has 1 atom stereocenters. The number of hydrogen-bond donors (Lipinski definition) is 1. The molecule has 7 heteroatoms. The van der Waals surface area contributed by atoms with Crippen LogP contribution in [0.3, 0.4) is 0 Å². The lowest BCUT2D eigenvalue weighted by molar-refractivity contribution is -0.143. The van der Waals surface area contributed by atoms with E-state index in [1.165, 1.54) is 4.90 Å². The minimum atomic E-state index is -0.935. The lowest BCUT2D eigenvalue weighted by Crippen LogP contribution is -2.41. The predicted molar refractivity (Wildman–Crippen MR) is 86.3 cm³/mol. The summed E-state index contributed by atoms with van der Waals surface area (Å²) in [4.78, 5) is 26.0. The van der Waals surface area contributed by atoms with Gasteiger partial charge in [0, 0.05) is 12.5 Å². The summed E-state index contributed by atoms with van der Waals surface area (Å²) >= 11 is 0. The highest BCUT2D eigenvalue weighted by atomic mass is 16.7. The van der Waals surface area contributed by atoms with Crippen LogP contribution < -0.4 is 14.2 Å². The topological polar surface area (TPSA) is 85.3 Å². The molecule has 25 heavy (non-hydrogen) atoms. The van der Waals surface area contributed by atoms with E-state index in [9.17, 15) is 14.7 Å². The largest absolute Gasteiger partial charge is 0.491 e. The van der Waals surface area contributed by atoms with Gasteiger partial charge in [0.2, 0.25) is 18.6 Å². The third-order valence-electron chi connectivity index (χ3n) is 5.23. The van der Waals surface area contributed by atoms with Crippen molar-refractivity contribution in [1.82, 2.24) is 4.90 Å². The van der Waals surface area contributed by atoms with Crippen molar-refractivity contribution in [2.75, 3.05) is 19.9 Å². The molecule has 1 aromatic carbocycles. The number of nitrogens with zero attached hydrogens (tertiary/aromatic N) is 1. The second-order valence-corrected chi connectivity index (χ2v) is 6.95. The first-order valence-electron chi connectivity index (χ1n) is 8.63. The van der Waals surface area contributed by atoms with Crippen LogP contribution >= 0.6 is 0 Å². The summed E-state index contributed by atoms with van der Waals surface area (Å²) in [7, 11) is 0. The first-order chi connectivity index (χ1) is 12.1. The summed E-state index contributed by atoms with van der Waals surface area (Å²) < 4.78 is 16.1. The number of imide groups is 1. The Morgan fingerprint density at radius 1 is 1.20 bits per heavy atom. The monoisotopic (exact) mass is 347 g/mol. The van der Waals surface area contributed by atoms with Crippen LogP contribution in [0.15, 0.2) is 18.2 Å². The maximum Gasteiger partial charge on any atom is 0.235 e. The SMILES string of the molecule is O=C1CC2(CCCC2)C(=O)N1CC(O)COc1ccc2c(c1)OCO2. The Balaban J connectivity index is 1.34. The van der Waals surface area contributed by atoms with E-state index in [0.717, 1.165) is 25.7 Å². The molecule has 2 aliphatic heterocycles. The number of carbonyl (C=O) groups excluding carboxylic acids is 2. The summed E-state index contributed by atoms with van der Waals surface area (Å²) in [6.45, 7) is 0.149. The first kappa shape index (κ1) is 16.2. The summed E-state index contributed by atoms with van der Waals surface area (Å²) in [6.07, 6.45) is 2.87. The van der Waals surface area contributed by atoms with Gasteiger partial charge in [-0.15, -0.1) is 0 Å². The van der Waals surface area contributed by atoms with Crippen molar-refractivity contribution >= 4 is 11.8 Å². The van der Waals surface area contributed by atoms with Crippen molar-refractivity contribution in [3.05, 3.63) is 18.2 Å². The Morgan fingerprint density at radius 2 is 1.96 bits per heavy atom. The molecule has 4 rings (SSSR count). The molecule has 1 unspecified atom stereocenters. The van der Waals surface area contributed by atoms with E-state index in [0.29, 0.717) is 17.2 Å². The van der Waals surface area contributed by atoms with E-state index in [2.05, 4.69) is 0 Å². The lowest BCUT2D eigenvalue weighted by atomic mass is 9.84. The molecule has 0 bridgehead atoms. The van der Waals surface area contributed by atoms with Gasteiger partial charge in [-0.3, -0.25) is 14.5 Å². The molecule has 1 saturated carbocycles. The Kier molecular flexibility index (Phi) is 4.03. The van der Waals surface area contributed by atoms with Gasteiger partial charge in [0.25, 0.3) is 0 Å². The molecule has 3 aliphatic rings. The highest BCUT2D eigenvalue weighted by molar-refractivity contribution is 6.06. The summed E-state index contributed by atoms with van der Waals surface area (Å²) in [5.41, 5.74) is -0.505. The van der Waals surface area contributed by atoms with Crippen LogP contribution in [0, 0.1) is 5.41 Å². The van der Waals surface area contributed by atoms with E-state index in [1.807, 2.05) is 0 Å². The quantitative estimate of drug-likeness (QED) is 0.812. The molecule has 2 amide bonds. The molecular formula is C18H21NO6. The van der Waals surface area contributed by atoms with Gasteiger partial charge < -0.3 is 19.3 Å². The van der Waals surface area contributed by atoms with E-state index in [-0.39, 0.29) is 38.2 Å². The molecule has 2 heterocycles. The van der Waals surface area contributed by atoms with Crippen LogP contribution in [0.2, 0.25) is 0 Å². The minimum Gasteiger partial charge on any atom is -0.491 e. The minimum absolute atomic E-state index is 0.0102. The first-order valence-corrected chi connectivity index (χ1v) is 8.63. The number of fused-ring (bicyclic) bond motifs is 1. The summed E-state index contributed by atoms with van der Waals surface area (Å²) in [6, 6.07) is 5.15. The van der Waals surface area contributed by atoms with Crippen molar-refractivity contribution in [2.24, 2.45) is 5.41 Å². The van der Waals surface area contributed by atoms with Gasteiger partial charge in [0.1, 0.15) is 18.5 Å². The maximum atomic E-state index is 12.6. The van der Waals surface area contributed by atoms with Crippen LogP contribution in [0.5, 0.6) is 17.2 Å². The van der Waals surface area contributed by atoms with Crippen molar-refractivity contribution in [3.63, 3.8) is 0 Å². The number of ether oxygens (including phenoxy) is 3. The molecule has 1 aromatic rings. The average molecular weight is 347 g/mol. The molecule has 1 N–H and O–H groups in total. The van der Waals surface area contributed by atoms with Gasteiger partial charge in [0.05, 0.1) is 12.0 Å². The number of carbonyl (C=O) groups is 2. The fourth-order valence-electron chi connectivity index (χ4n) is 3.91. The van der Waals surface area contributed by atoms with Gasteiger partial charge in [-0.05, 0) is 25.0 Å². The predicted octanol–water partition coefficient (Wildman–Crippen LogP) is 1.47. The zero-order valence-corrected chi connectivity index (χ0v) is 13.9. The number of amides is 2. The molecule has 134 valence electrons. The van der Waals surface area contributed by atoms with Gasteiger partial charge >= 0.3 is 0 Å². The fraction of sp³-hybridized carbons (Fsp3) is 0.556. The molecule has 0 radical (unpaired) electrons. The number of hydrogen-bond acceptors (Lipinski definition) is 6. The van der Waals surface area contributed by atoms with Crippen LogP contribution in [0.1, 0.15) is 32.1 Å². The smallest absolute Gasteiger partial charge is 0.235 e. The Bertz CT molecular complexity index is 697. The molecule has 7 nitrogen and oxygen atoms in total. The van der Waals surface area contributed by atoms with Crippen molar-refractivity contribution in [2.45, 2.75) is 38.2 Å². The highest BCUT2D eigenvalue weighted by Crippen LogP contribution is 2.46. The maximum absolute atomic E-state index is 12.6. The van der Waals surface area contributed by atoms with E-state index < -0.39 is 11.5 Å². The van der Waals surface area contributed by atoms with E-state index in [4.69, 9.17) is 14.2 Å². The van der Waals surface area contributed by atoms with Crippen LogP contribution in [0.4, 0.5) is 0 Å². The summed E-state index contributed by atoms with van der Waals surface area (Å²) in [5, 5.41) is 10.2. The number of benzene rings is 1. The molecular weight excluding hydrogens is 326 g/mol. The third kappa shape index (κ3) is 2.93. The highest BCUT2D eigenvalue weighted by Gasteiger charge is 2.52. The fourth-order valence-corrected chi connectivity index (χ4v) is 3.91. The van der Waals surface area contributed by atoms with Gasteiger partial charge in [-0.2, -0.15) is 0 Å². The van der Waals surface area contributed by atoms with Crippen molar-refractivity contribution in [3.8, 4) is 17.2 Å². The standard InChI is InChI=1S/C18H21NO6/c20-12(10-23-13-3-4-14-15(7-13)25-11-24-14)9-19-16(21)8-18(17(19)22)5-1-2-6-18/h3-4,7,12,20H,1-2,5-6,8-11H2. The normalized spacial score (nSPS) is 22.0. The Labute approximate surface area is 145 Å². The van der Waals surface area contributed by atoms with Crippen LogP contribution in [-0.2, 0) is 9.59 Å². The van der Waals surface area contributed by atoms with E-state index in [1.54, 1.807) is 18.2 Å². The zero-order valence-electron chi connectivity index (χ0n) is 13.9. The Morgan fingerprint density at radius 3 is 2.76 bits per heavy atom. The second kappa shape index (κ2) is 6.22. The van der Waals surface area contributed by atoms with E-state index >= 15 is 0 Å². The van der Waals surface area contributed by atoms with Gasteiger partial charge in [-0.1, -0.05) is 12.8 Å². The lowest BCUT2D eigenvalue weighted by Gasteiger charge is -2.23. The number of rotatable bonds is 5. The second-order valence-electron chi connectivity index (χ2n) is 6.95. The molecule has 1 aliphatic carbocycles. The number of likely N-dealkylation sites (tertiary alicyclic amines) is 1. The average Bonchev–Trinajstić information content (AvgIpc) is 3.30. The summed E-state index contributed by atoms with van der Waals surface area (Å²) in [5.74, 6) is 1.48. The number of aliphatic hydroxyl groups excluding tert-OH is 1. The van der Waals surface area contributed by atoms with Crippen LogP contribution in [0.25, 0.3) is 0 Å². The molecule has 0 aromatic heterocycles. The van der Waals surface area contributed by atoms with Crippen LogP contribution in [-0.4, -0.2) is 47.9 Å². The van der Waals surface area contributed by atoms with Crippen molar-refractivity contribution in [1.29, 1.82) is 0 Å². The van der Waals surface area contributed by atoms with Gasteiger partial charge in [-0.25, -0.2) is 0 Å². The third-order valence-corrected chi connectivity index (χ3v) is 5.23. The number of aliphatic hydroxyl groups is 1. The zero-order chi connectivity index (χ0) is 17.4. The van der Waals surface area contributed by atoms with Gasteiger partial charge in [0.15, 0.2) is 11.5 Å². The van der Waals surface area contributed by atoms with Crippen molar-refractivity contribution < 1.29 is 28.9 Å². The Hall–Kier alpha value is -2.28. The molecule has 2 fully saturated rings. The number of β-amino-alcohol motifs (C(OH)–C–C–N with tert-alkyl or cyclic N) is 1. The molecule has 1 saturated heterocycles. The molecule has 1 spiro atoms.